The van der Waals surface area contributed by atoms with Crippen molar-refractivity contribution in [2.45, 2.75) is 17.4 Å². The summed E-state index contributed by atoms with van der Waals surface area (Å²) < 4.78 is 0. The van der Waals surface area contributed by atoms with Gasteiger partial charge < -0.3 is 10.6 Å². The van der Waals surface area contributed by atoms with Crippen molar-refractivity contribution in [2.24, 2.45) is 0 Å². The van der Waals surface area contributed by atoms with Crippen molar-refractivity contribution < 1.29 is 9.59 Å². The molecule has 0 heterocycles. The smallest absolute Gasteiger partial charge is 0.253 e. The number of anilines is 1. The summed E-state index contributed by atoms with van der Waals surface area (Å²) in [6.07, 6.45) is 4.43. The first-order valence-electron chi connectivity index (χ1n) is 8.14. The monoisotopic (exact) mass is 442 g/mol. The molecule has 2 aromatic carbocycles. The molecule has 0 fully saturated rings. The van der Waals surface area contributed by atoms with E-state index in [-0.39, 0.29) is 16.5 Å². The topological polar surface area (TPSA) is 58.2 Å². The van der Waals surface area contributed by atoms with Crippen LogP contribution in [0.15, 0.2) is 47.4 Å². The minimum atomic E-state index is -0.672. The van der Waals surface area contributed by atoms with Crippen LogP contribution in [0.5, 0.6) is 0 Å². The number of rotatable bonds is 8. The third kappa shape index (κ3) is 6.64. The molecular weight excluding hydrogens is 423 g/mol. The summed E-state index contributed by atoms with van der Waals surface area (Å²) >= 11 is 15.2. The van der Waals surface area contributed by atoms with Gasteiger partial charge in [0.05, 0.1) is 10.6 Å². The Labute approximate surface area is 177 Å². The number of carbonyl (C=O) groups is 2. The van der Waals surface area contributed by atoms with Crippen LogP contribution in [0.2, 0.25) is 10.0 Å². The van der Waals surface area contributed by atoms with Crippen molar-refractivity contribution in [2.75, 3.05) is 23.6 Å². The number of carbonyl (C=O) groups excluding carboxylic acids is 2. The summed E-state index contributed by atoms with van der Waals surface area (Å²) in [6, 6.07) is 11.5. The molecule has 0 saturated carbocycles. The highest BCUT2D eigenvalue weighted by atomic mass is 35.5. The Bertz CT molecular complexity index is 818. The van der Waals surface area contributed by atoms with Gasteiger partial charge in [-0.2, -0.15) is 11.8 Å². The molecule has 1 atom stereocenters. The normalized spacial score (nSPS) is 11.7. The summed E-state index contributed by atoms with van der Waals surface area (Å²) in [6.45, 7) is 0. The highest BCUT2D eigenvalue weighted by Gasteiger charge is 2.22. The molecule has 144 valence electrons. The zero-order valence-electron chi connectivity index (χ0n) is 14.9. The number of hydrogen-bond donors (Lipinski definition) is 2. The van der Waals surface area contributed by atoms with Crippen LogP contribution in [-0.4, -0.2) is 36.1 Å². The third-order valence-electron chi connectivity index (χ3n) is 3.75. The van der Waals surface area contributed by atoms with E-state index >= 15 is 0 Å². The van der Waals surface area contributed by atoms with Crippen molar-refractivity contribution in [1.82, 2.24) is 5.32 Å². The zero-order chi connectivity index (χ0) is 19.8. The standard InChI is InChI=1S/C19H20Cl2N2O2S2/c1-26-9-8-17(19(25)22-13-4-3-5-14(11-13)27-2)23-18(24)15-7-6-12(20)10-16(15)21/h3-7,10-11,17H,8-9H2,1-2H3,(H,22,25)(H,23,24). The molecule has 0 spiro atoms. The first kappa shape index (κ1) is 22.0. The highest BCUT2D eigenvalue weighted by Crippen LogP contribution is 2.22. The number of amides is 2. The van der Waals surface area contributed by atoms with E-state index in [0.29, 0.717) is 17.1 Å². The number of halogens is 2. The molecule has 27 heavy (non-hydrogen) atoms. The molecule has 8 heteroatoms. The van der Waals surface area contributed by atoms with Gasteiger partial charge in [-0.1, -0.05) is 29.3 Å². The molecule has 0 aromatic heterocycles. The van der Waals surface area contributed by atoms with Gasteiger partial charge in [0.15, 0.2) is 0 Å². The first-order valence-corrected chi connectivity index (χ1v) is 11.5. The van der Waals surface area contributed by atoms with E-state index in [0.717, 1.165) is 10.6 Å². The minimum absolute atomic E-state index is 0.247. The summed E-state index contributed by atoms with van der Waals surface area (Å²) in [5.74, 6) is 0.0638. The second kappa shape index (κ2) is 10.9. The fourth-order valence-corrected chi connectivity index (χ4v) is 3.77. The number of hydrogen-bond acceptors (Lipinski definition) is 4. The molecule has 0 aliphatic carbocycles. The van der Waals surface area contributed by atoms with Gasteiger partial charge in [-0.25, -0.2) is 0 Å². The van der Waals surface area contributed by atoms with Crippen LogP contribution in [0.1, 0.15) is 16.8 Å². The lowest BCUT2D eigenvalue weighted by molar-refractivity contribution is -0.118. The Morgan fingerprint density at radius 2 is 1.89 bits per heavy atom. The summed E-state index contributed by atoms with van der Waals surface area (Å²) in [5.41, 5.74) is 0.979. The van der Waals surface area contributed by atoms with Crippen molar-refractivity contribution in [1.29, 1.82) is 0 Å². The van der Waals surface area contributed by atoms with E-state index in [1.165, 1.54) is 6.07 Å². The maximum absolute atomic E-state index is 12.7. The molecule has 4 nitrogen and oxygen atoms in total. The van der Waals surface area contributed by atoms with E-state index < -0.39 is 11.9 Å². The van der Waals surface area contributed by atoms with Crippen LogP contribution in [0.25, 0.3) is 0 Å². The van der Waals surface area contributed by atoms with Gasteiger partial charge in [0.25, 0.3) is 5.91 Å². The van der Waals surface area contributed by atoms with Crippen LogP contribution < -0.4 is 10.6 Å². The molecule has 0 aliphatic heterocycles. The van der Waals surface area contributed by atoms with Crippen LogP contribution >= 0.6 is 46.7 Å². The van der Waals surface area contributed by atoms with E-state index in [4.69, 9.17) is 23.2 Å². The van der Waals surface area contributed by atoms with Crippen LogP contribution in [-0.2, 0) is 4.79 Å². The highest BCUT2D eigenvalue weighted by molar-refractivity contribution is 7.98. The Morgan fingerprint density at radius 1 is 1.11 bits per heavy atom. The second-order valence-corrected chi connectivity index (χ2v) is 8.36. The van der Waals surface area contributed by atoms with Crippen molar-refractivity contribution in [3.63, 3.8) is 0 Å². The number of nitrogens with one attached hydrogen (secondary N) is 2. The third-order valence-corrected chi connectivity index (χ3v) is 5.66. The Balaban J connectivity index is 2.13. The maximum atomic E-state index is 12.7. The van der Waals surface area contributed by atoms with Crippen molar-refractivity contribution in [3.05, 3.63) is 58.1 Å². The van der Waals surface area contributed by atoms with Gasteiger partial charge in [-0.3, -0.25) is 9.59 Å². The lowest BCUT2D eigenvalue weighted by atomic mass is 10.1. The fraction of sp³-hybridized carbons (Fsp3) is 0.263. The molecule has 0 saturated heterocycles. The van der Waals surface area contributed by atoms with Crippen molar-refractivity contribution in [3.8, 4) is 0 Å². The SMILES string of the molecule is CSCCC(NC(=O)c1ccc(Cl)cc1Cl)C(=O)Nc1cccc(SC)c1. The van der Waals surface area contributed by atoms with Gasteiger partial charge in [0.2, 0.25) is 5.91 Å². The Morgan fingerprint density at radius 3 is 2.56 bits per heavy atom. The Hall–Kier alpha value is -1.34. The number of thioether (sulfide) groups is 2. The van der Waals surface area contributed by atoms with E-state index in [1.807, 2.05) is 36.8 Å². The summed E-state index contributed by atoms with van der Waals surface area (Å²) in [7, 11) is 0. The van der Waals surface area contributed by atoms with Gasteiger partial charge >= 0.3 is 0 Å². The molecule has 2 aromatic rings. The van der Waals surface area contributed by atoms with Gasteiger partial charge in [-0.05, 0) is 61.1 Å². The van der Waals surface area contributed by atoms with Crippen LogP contribution in [0.4, 0.5) is 5.69 Å². The maximum Gasteiger partial charge on any atom is 0.253 e. The largest absolute Gasteiger partial charge is 0.340 e. The molecule has 0 aliphatic rings. The van der Waals surface area contributed by atoms with E-state index in [9.17, 15) is 9.59 Å². The molecule has 2 rings (SSSR count). The molecule has 2 N–H and O–H groups in total. The van der Waals surface area contributed by atoms with Gasteiger partial charge in [0, 0.05) is 15.6 Å². The van der Waals surface area contributed by atoms with Crippen LogP contribution in [0.3, 0.4) is 0 Å². The molecular formula is C19H20Cl2N2O2S2. The van der Waals surface area contributed by atoms with E-state index in [2.05, 4.69) is 10.6 Å². The molecule has 2 amide bonds. The quantitative estimate of drug-likeness (QED) is 0.551. The molecule has 0 bridgehead atoms. The first-order chi connectivity index (χ1) is 12.9. The van der Waals surface area contributed by atoms with Gasteiger partial charge in [0.1, 0.15) is 6.04 Å². The lowest BCUT2D eigenvalue weighted by Gasteiger charge is -2.19. The molecule has 0 radical (unpaired) electrons. The predicted octanol–water partition coefficient (Wildman–Crippen LogP) is 5.21. The molecule has 1 unspecified atom stereocenters. The predicted molar refractivity (Wildman–Crippen MR) is 118 cm³/mol. The summed E-state index contributed by atoms with van der Waals surface area (Å²) in [4.78, 5) is 26.4. The average molecular weight is 443 g/mol. The van der Waals surface area contributed by atoms with Crippen molar-refractivity contribution >= 4 is 64.2 Å². The number of benzene rings is 2. The summed E-state index contributed by atoms with van der Waals surface area (Å²) in [5, 5.41) is 6.35. The lowest BCUT2D eigenvalue weighted by Crippen LogP contribution is -2.44. The second-order valence-electron chi connectivity index (χ2n) is 5.65. The van der Waals surface area contributed by atoms with Gasteiger partial charge in [-0.15, -0.1) is 11.8 Å². The minimum Gasteiger partial charge on any atom is -0.340 e. The van der Waals surface area contributed by atoms with E-state index in [1.54, 1.807) is 35.7 Å². The average Bonchev–Trinajstić information content (AvgIpc) is 2.64. The zero-order valence-corrected chi connectivity index (χ0v) is 18.1. The Kier molecular flexibility index (Phi) is 8.83. The van der Waals surface area contributed by atoms with Crippen LogP contribution in [0, 0.1) is 0 Å². The fourth-order valence-electron chi connectivity index (χ4n) is 2.34.